The summed E-state index contributed by atoms with van der Waals surface area (Å²) in [6.07, 6.45) is 1.22. The summed E-state index contributed by atoms with van der Waals surface area (Å²) in [5.74, 6) is -4.71. The molecule has 0 aliphatic rings. The molecule has 1 amide bonds. The van der Waals surface area contributed by atoms with Crippen LogP contribution in [0.1, 0.15) is 0 Å². The summed E-state index contributed by atoms with van der Waals surface area (Å²) < 4.78 is 22.5. The molecular formula is C10H10N2O6S. The van der Waals surface area contributed by atoms with Crippen molar-refractivity contribution in [3.8, 4) is 0 Å². The molecular weight excluding hydrogens is 276 g/mol. The van der Waals surface area contributed by atoms with Crippen LogP contribution >= 0.6 is 0 Å². The van der Waals surface area contributed by atoms with Crippen LogP contribution < -0.4 is 10.9 Å². The molecule has 0 fully saturated rings. The fraction of sp³-hybridized carbons (Fsp3) is 0.200. The summed E-state index contributed by atoms with van der Waals surface area (Å²) in [6, 6.07) is 4.16. The predicted octanol–water partition coefficient (Wildman–Crippen LogP) is -1.12. The highest BCUT2D eigenvalue weighted by atomic mass is 32.2. The first-order valence-corrected chi connectivity index (χ1v) is 6.80. The molecule has 0 saturated carbocycles. The number of hydrogen-bond acceptors (Lipinski definition) is 6. The molecule has 9 heteroatoms. The van der Waals surface area contributed by atoms with Crippen molar-refractivity contribution >= 4 is 27.4 Å². The Morgan fingerprint density at radius 1 is 1.26 bits per heavy atom. The summed E-state index contributed by atoms with van der Waals surface area (Å²) >= 11 is 0. The molecule has 1 aromatic heterocycles. The van der Waals surface area contributed by atoms with Crippen LogP contribution in [0.15, 0.2) is 29.2 Å². The molecule has 1 rings (SSSR count). The Hall–Kier alpha value is -2.29. The average molecular weight is 286 g/mol. The van der Waals surface area contributed by atoms with Crippen molar-refractivity contribution in [2.24, 2.45) is 0 Å². The van der Waals surface area contributed by atoms with Crippen LogP contribution in [-0.4, -0.2) is 41.9 Å². The highest BCUT2D eigenvalue weighted by molar-refractivity contribution is 7.92. The number of aromatic nitrogens is 1. The predicted molar refractivity (Wildman–Crippen MR) is 65.4 cm³/mol. The zero-order valence-electron chi connectivity index (χ0n) is 9.57. The van der Waals surface area contributed by atoms with Gasteiger partial charge in [0.1, 0.15) is 17.2 Å². The molecule has 1 aromatic rings. The van der Waals surface area contributed by atoms with Crippen LogP contribution in [-0.2, 0) is 19.4 Å². The summed E-state index contributed by atoms with van der Waals surface area (Å²) in [5.41, 5.74) is -0.908. The first-order valence-electron chi connectivity index (χ1n) is 4.97. The largest absolute Gasteiger partial charge is 0.480 e. The summed E-state index contributed by atoms with van der Waals surface area (Å²) in [5, 5.41) is 10.4. The van der Waals surface area contributed by atoms with Crippen molar-refractivity contribution in [3.05, 3.63) is 34.7 Å². The highest BCUT2D eigenvalue weighted by Gasteiger charge is 2.20. The van der Waals surface area contributed by atoms with E-state index in [2.05, 4.69) is 10.3 Å². The van der Waals surface area contributed by atoms with E-state index in [1.54, 1.807) is 0 Å². The molecule has 19 heavy (non-hydrogen) atoms. The minimum absolute atomic E-state index is 0.180. The fourth-order valence-electron chi connectivity index (χ4n) is 1.17. The molecule has 0 spiro atoms. The summed E-state index contributed by atoms with van der Waals surface area (Å²) in [4.78, 5) is 36.4. The van der Waals surface area contributed by atoms with Crippen molar-refractivity contribution < 1.29 is 23.1 Å². The smallest absolute Gasteiger partial charge is 0.318 e. The molecule has 102 valence electrons. The van der Waals surface area contributed by atoms with Crippen LogP contribution in [0.2, 0.25) is 0 Å². The fourth-order valence-corrected chi connectivity index (χ4v) is 2.12. The van der Waals surface area contributed by atoms with Crippen molar-refractivity contribution in [2.75, 3.05) is 16.8 Å². The van der Waals surface area contributed by atoms with Crippen LogP contribution in [0.3, 0.4) is 0 Å². The number of carbonyl (C=O) groups is 2. The minimum atomic E-state index is -4.06. The van der Waals surface area contributed by atoms with Crippen LogP contribution in [0, 0.1) is 0 Å². The second-order valence-electron chi connectivity index (χ2n) is 3.52. The molecule has 8 nitrogen and oxygen atoms in total. The van der Waals surface area contributed by atoms with Crippen molar-refractivity contribution in [3.63, 3.8) is 0 Å². The van der Waals surface area contributed by atoms with E-state index in [4.69, 9.17) is 5.11 Å². The number of nitrogens with zero attached hydrogens (tertiary/aromatic N) is 1. The zero-order chi connectivity index (χ0) is 14.5. The third-order valence-electron chi connectivity index (χ3n) is 1.85. The Labute approximate surface area is 108 Å². The Kier molecular flexibility index (Phi) is 4.70. The van der Waals surface area contributed by atoms with Gasteiger partial charge in [-0.1, -0.05) is 6.07 Å². The van der Waals surface area contributed by atoms with Gasteiger partial charge in [0.15, 0.2) is 9.84 Å². The quantitative estimate of drug-likeness (QED) is 0.701. The van der Waals surface area contributed by atoms with E-state index in [0.29, 0.717) is 0 Å². The zero-order valence-corrected chi connectivity index (χ0v) is 10.4. The van der Waals surface area contributed by atoms with Gasteiger partial charge in [0.25, 0.3) is 5.56 Å². The maximum Gasteiger partial charge on any atom is 0.318 e. The second kappa shape index (κ2) is 6.05. The Morgan fingerprint density at radius 3 is 2.58 bits per heavy atom. The number of anilines is 1. The van der Waals surface area contributed by atoms with Crippen molar-refractivity contribution in [1.29, 1.82) is 0 Å². The lowest BCUT2D eigenvalue weighted by Crippen LogP contribution is -2.29. The van der Waals surface area contributed by atoms with Gasteiger partial charge in [-0.3, -0.25) is 14.4 Å². The maximum atomic E-state index is 11.4. The van der Waals surface area contributed by atoms with E-state index in [9.17, 15) is 22.8 Å². The second-order valence-corrected chi connectivity index (χ2v) is 5.59. The van der Waals surface area contributed by atoms with Gasteiger partial charge in [0, 0.05) is 6.20 Å². The van der Waals surface area contributed by atoms with Crippen molar-refractivity contribution in [1.82, 2.24) is 4.98 Å². The number of carboxylic acid groups (broad SMARTS) is 1. The standard InChI is InChI=1S/C10H10N2O6S/c13-8(5-19(17,18)6-9(14)15)12-7-3-1-2-4-11-10(7)16/h1-4H,5-6H2,(H,14,15)(H,11,12,13,16). The summed E-state index contributed by atoms with van der Waals surface area (Å²) in [6.45, 7) is 0. The highest BCUT2D eigenvalue weighted by Crippen LogP contribution is 1.98. The van der Waals surface area contributed by atoms with Gasteiger partial charge in [-0.2, -0.15) is 0 Å². The Morgan fingerprint density at radius 2 is 1.95 bits per heavy atom. The van der Waals surface area contributed by atoms with Crippen molar-refractivity contribution in [2.45, 2.75) is 0 Å². The van der Waals surface area contributed by atoms with Crippen LogP contribution in [0.5, 0.6) is 0 Å². The molecule has 0 saturated heterocycles. The number of rotatable bonds is 5. The van der Waals surface area contributed by atoms with E-state index >= 15 is 0 Å². The number of nitrogens with one attached hydrogen (secondary N) is 1. The number of sulfone groups is 1. The Balaban J connectivity index is 2.80. The lowest BCUT2D eigenvalue weighted by atomic mass is 10.4. The molecule has 0 aromatic carbocycles. The van der Waals surface area contributed by atoms with Gasteiger partial charge in [0.05, 0.1) is 0 Å². The van der Waals surface area contributed by atoms with Crippen LogP contribution in [0.4, 0.5) is 5.69 Å². The number of carbonyl (C=O) groups excluding carboxylic acids is 1. The van der Waals surface area contributed by atoms with Crippen LogP contribution in [0.25, 0.3) is 0 Å². The molecule has 0 unspecified atom stereocenters. The normalized spacial score (nSPS) is 10.7. The molecule has 2 N–H and O–H groups in total. The van der Waals surface area contributed by atoms with Gasteiger partial charge in [-0.25, -0.2) is 13.4 Å². The number of amides is 1. The van der Waals surface area contributed by atoms with Gasteiger partial charge in [-0.15, -0.1) is 0 Å². The van der Waals surface area contributed by atoms with Gasteiger partial charge >= 0.3 is 5.97 Å². The molecule has 0 aliphatic heterocycles. The van der Waals surface area contributed by atoms with E-state index in [-0.39, 0.29) is 5.69 Å². The summed E-state index contributed by atoms with van der Waals surface area (Å²) in [7, 11) is -4.06. The first-order chi connectivity index (χ1) is 8.80. The lowest BCUT2D eigenvalue weighted by Gasteiger charge is -2.02. The van der Waals surface area contributed by atoms with E-state index in [0.717, 1.165) is 0 Å². The molecule has 0 bridgehead atoms. The minimum Gasteiger partial charge on any atom is -0.480 e. The van der Waals surface area contributed by atoms with E-state index in [1.165, 1.54) is 24.4 Å². The lowest BCUT2D eigenvalue weighted by molar-refractivity contribution is -0.134. The van der Waals surface area contributed by atoms with E-state index in [1.807, 2.05) is 0 Å². The number of aliphatic carboxylic acids is 1. The molecule has 0 radical (unpaired) electrons. The third-order valence-corrected chi connectivity index (χ3v) is 3.24. The molecule has 1 heterocycles. The van der Waals surface area contributed by atoms with E-state index < -0.39 is 38.8 Å². The molecule has 0 atom stereocenters. The average Bonchev–Trinajstić information content (AvgIpc) is 2.41. The Bertz CT molecular complexity index is 655. The monoisotopic (exact) mass is 286 g/mol. The van der Waals surface area contributed by atoms with Gasteiger partial charge < -0.3 is 10.4 Å². The maximum absolute atomic E-state index is 11.4. The number of carboxylic acids is 1. The third kappa shape index (κ3) is 5.25. The van der Waals surface area contributed by atoms with Gasteiger partial charge in [0.2, 0.25) is 5.91 Å². The SMILES string of the molecule is O=C(O)CS(=O)(=O)CC(=O)Nc1ccccnc1=O. The topological polar surface area (TPSA) is 130 Å². The van der Waals surface area contributed by atoms with Gasteiger partial charge in [-0.05, 0) is 12.1 Å². The molecule has 0 aliphatic carbocycles. The number of hydrogen-bond donors (Lipinski definition) is 2. The first kappa shape index (κ1) is 14.8.